The van der Waals surface area contributed by atoms with E-state index in [1.54, 1.807) is 11.8 Å². The lowest BCUT2D eigenvalue weighted by Gasteiger charge is -2.05. The average molecular weight is 246 g/mol. The molecule has 88 valence electrons. The van der Waals surface area contributed by atoms with Gasteiger partial charge in [-0.1, -0.05) is 41.6 Å². The van der Waals surface area contributed by atoms with E-state index >= 15 is 0 Å². The van der Waals surface area contributed by atoms with E-state index in [1.165, 1.54) is 5.56 Å². The van der Waals surface area contributed by atoms with Gasteiger partial charge in [0.15, 0.2) is 11.0 Å². The second-order valence-electron chi connectivity index (χ2n) is 4.26. The van der Waals surface area contributed by atoms with Gasteiger partial charge in [0.05, 0.1) is 0 Å². The summed E-state index contributed by atoms with van der Waals surface area (Å²) >= 11 is 1.72. The predicted molar refractivity (Wildman–Crippen MR) is 68.9 cm³/mol. The van der Waals surface area contributed by atoms with E-state index in [4.69, 9.17) is 5.73 Å². The number of benzene rings is 1. The number of fused-ring (bicyclic) bond motifs is 1. The Kier molecular flexibility index (Phi) is 2.64. The Morgan fingerprint density at radius 3 is 2.82 bits per heavy atom. The van der Waals surface area contributed by atoms with Crippen LogP contribution in [0.4, 0.5) is 0 Å². The molecule has 2 heterocycles. The zero-order valence-electron chi connectivity index (χ0n) is 9.63. The monoisotopic (exact) mass is 246 g/mol. The van der Waals surface area contributed by atoms with Crippen LogP contribution in [-0.4, -0.2) is 26.6 Å². The molecule has 2 N–H and O–H groups in total. The molecule has 2 aromatic rings. The van der Waals surface area contributed by atoms with Gasteiger partial charge in [0.25, 0.3) is 0 Å². The maximum atomic E-state index is 5.70. The lowest BCUT2D eigenvalue weighted by atomic mass is 10.1. The average Bonchev–Trinajstić information content (AvgIpc) is 2.89. The van der Waals surface area contributed by atoms with E-state index < -0.39 is 0 Å². The zero-order chi connectivity index (χ0) is 11.8. The summed E-state index contributed by atoms with van der Waals surface area (Å²) in [5, 5.41) is 9.89. The van der Waals surface area contributed by atoms with Gasteiger partial charge in [0.2, 0.25) is 0 Å². The Morgan fingerprint density at radius 2 is 2.12 bits per heavy atom. The van der Waals surface area contributed by atoms with Gasteiger partial charge >= 0.3 is 0 Å². The van der Waals surface area contributed by atoms with Gasteiger partial charge in [0.1, 0.15) is 0 Å². The highest BCUT2D eigenvalue weighted by Crippen LogP contribution is 2.33. The minimum Gasteiger partial charge on any atom is -0.329 e. The number of hydrogen-bond acceptors (Lipinski definition) is 4. The topological polar surface area (TPSA) is 56.7 Å². The van der Waals surface area contributed by atoms with E-state index in [0.29, 0.717) is 11.8 Å². The van der Waals surface area contributed by atoms with Crippen molar-refractivity contribution in [2.24, 2.45) is 5.73 Å². The molecule has 0 saturated carbocycles. The van der Waals surface area contributed by atoms with Crippen LogP contribution in [0.15, 0.2) is 29.4 Å². The molecule has 1 aliphatic rings. The number of nitrogens with two attached hydrogens (primary N) is 1. The molecule has 0 spiro atoms. The third kappa shape index (κ3) is 1.85. The van der Waals surface area contributed by atoms with E-state index in [9.17, 15) is 0 Å². The first-order valence-electron chi connectivity index (χ1n) is 5.65. The Hall–Kier alpha value is -1.33. The molecule has 0 aliphatic carbocycles. The summed E-state index contributed by atoms with van der Waals surface area (Å²) in [6.45, 7) is 3.67. The van der Waals surface area contributed by atoms with Gasteiger partial charge in [-0.2, -0.15) is 0 Å². The fourth-order valence-corrected chi connectivity index (χ4v) is 2.96. The third-order valence-corrected chi connectivity index (χ3v) is 4.14. The molecule has 3 rings (SSSR count). The summed E-state index contributed by atoms with van der Waals surface area (Å²) in [4.78, 5) is 0. The van der Waals surface area contributed by atoms with Gasteiger partial charge in [-0.05, 0) is 6.92 Å². The normalized spacial score (nSPS) is 18.4. The molecule has 5 heteroatoms. The van der Waals surface area contributed by atoms with Crippen molar-refractivity contribution in [1.82, 2.24) is 14.8 Å². The Balaban J connectivity index is 1.98. The molecule has 0 fully saturated rings. The van der Waals surface area contributed by atoms with Crippen LogP contribution in [0.25, 0.3) is 11.4 Å². The van der Waals surface area contributed by atoms with Crippen LogP contribution in [-0.2, 0) is 6.54 Å². The van der Waals surface area contributed by atoms with Crippen molar-refractivity contribution in [3.05, 3.63) is 29.8 Å². The van der Waals surface area contributed by atoms with Crippen molar-refractivity contribution in [3.63, 3.8) is 0 Å². The number of aryl methyl sites for hydroxylation is 1. The van der Waals surface area contributed by atoms with Crippen LogP contribution in [0.1, 0.15) is 5.56 Å². The van der Waals surface area contributed by atoms with Crippen molar-refractivity contribution in [2.75, 3.05) is 6.54 Å². The molecule has 1 aromatic heterocycles. The van der Waals surface area contributed by atoms with Crippen molar-refractivity contribution in [1.29, 1.82) is 0 Å². The highest BCUT2D eigenvalue weighted by molar-refractivity contribution is 8.00. The standard InChI is InChI=1S/C12H14N4S/c1-8-2-4-9(5-3-8)11-14-15-12-16(11)7-10(6-13)17-12/h2-5,10H,6-7,13H2,1H3. The molecule has 0 radical (unpaired) electrons. The zero-order valence-corrected chi connectivity index (χ0v) is 10.4. The molecular formula is C12H14N4S. The van der Waals surface area contributed by atoms with Gasteiger partial charge in [-0.15, -0.1) is 10.2 Å². The van der Waals surface area contributed by atoms with E-state index in [0.717, 1.165) is 23.1 Å². The minimum atomic E-state index is 0.435. The van der Waals surface area contributed by atoms with E-state index in [2.05, 4.69) is 46.0 Å². The van der Waals surface area contributed by atoms with Crippen LogP contribution in [0.5, 0.6) is 0 Å². The largest absolute Gasteiger partial charge is 0.329 e. The predicted octanol–water partition coefficient (Wildman–Crippen LogP) is 1.69. The quantitative estimate of drug-likeness (QED) is 0.876. The summed E-state index contributed by atoms with van der Waals surface area (Å²) in [6, 6.07) is 8.37. The minimum absolute atomic E-state index is 0.435. The second kappa shape index (κ2) is 4.16. The smallest absolute Gasteiger partial charge is 0.191 e. The molecule has 0 saturated heterocycles. The number of thioether (sulfide) groups is 1. The summed E-state index contributed by atoms with van der Waals surface area (Å²) in [5.74, 6) is 0.948. The molecule has 1 unspecified atom stereocenters. The van der Waals surface area contributed by atoms with Gasteiger partial charge in [0, 0.05) is 23.9 Å². The fourth-order valence-electron chi connectivity index (χ4n) is 1.97. The fraction of sp³-hybridized carbons (Fsp3) is 0.333. The summed E-state index contributed by atoms with van der Waals surface area (Å²) in [5.41, 5.74) is 8.07. The van der Waals surface area contributed by atoms with E-state index in [1.807, 2.05) is 0 Å². The molecule has 4 nitrogen and oxygen atoms in total. The van der Waals surface area contributed by atoms with Crippen LogP contribution < -0.4 is 5.73 Å². The first-order chi connectivity index (χ1) is 8.28. The number of hydrogen-bond donors (Lipinski definition) is 1. The SMILES string of the molecule is Cc1ccc(-c2nnc3n2CC(CN)S3)cc1. The summed E-state index contributed by atoms with van der Waals surface area (Å²) in [6.07, 6.45) is 0. The third-order valence-electron chi connectivity index (χ3n) is 2.95. The van der Waals surface area contributed by atoms with Crippen molar-refractivity contribution in [3.8, 4) is 11.4 Å². The van der Waals surface area contributed by atoms with Gasteiger partial charge in [-0.25, -0.2) is 0 Å². The lowest BCUT2D eigenvalue weighted by Crippen LogP contribution is -2.17. The first kappa shape index (κ1) is 10.8. The molecular weight excluding hydrogens is 232 g/mol. The highest BCUT2D eigenvalue weighted by Gasteiger charge is 2.26. The Labute approximate surface area is 104 Å². The van der Waals surface area contributed by atoms with Gasteiger partial charge in [-0.3, -0.25) is 0 Å². The molecule has 0 amide bonds. The summed E-state index contributed by atoms with van der Waals surface area (Å²) < 4.78 is 2.16. The van der Waals surface area contributed by atoms with Crippen molar-refractivity contribution in [2.45, 2.75) is 23.9 Å². The Bertz CT molecular complexity index is 532. The molecule has 0 bridgehead atoms. The van der Waals surface area contributed by atoms with Crippen molar-refractivity contribution < 1.29 is 0 Å². The molecule has 17 heavy (non-hydrogen) atoms. The maximum absolute atomic E-state index is 5.70. The lowest BCUT2D eigenvalue weighted by molar-refractivity contribution is 0.655. The highest BCUT2D eigenvalue weighted by atomic mass is 32.2. The van der Waals surface area contributed by atoms with Crippen molar-refractivity contribution >= 4 is 11.8 Å². The number of nitrogens with zero attached hydrogens (tertiary/aromatic N) is 3. The maximum Gasteiger partial charge on any atom is 0.191 e. The van der Waals surface area contributed by atoms with Crippen LogP contribution in [0.2, 0.25) is 0 Å². The number of rotatable bonds is 2. The number of aromatic nitrogens is 3. The summed E-state index contributed by atoms with van der Waals surface area (Å²) in [7, 11) is 0. The van der Waals surface area contributed by atoms with Gasteiger partial charge < -0.3 is 10.3 Å². The molecule has 1 atom stereocenters. The molecule has 1 aromatic carbocycles. The molecule has 1 aliphatic heterocycles. The first-order valence-corrected chi connectivity index (χ1v) is 6.53. The van der Waals surface area contributed by atoms with Crippen LogP contribution in [0.3, 0.4) is 0 Å². The second-order valence-corrected chi connectivity index (χ2v) is 5.53. The van der Waals surface area contributed by atoms with E-state index in [-0.39, 0.29) is 0 Å². The van der Waals surface area contributed by atoms with Crippen LogP contribution >= 0.6 is 11.8 Å². The van der Waals surface area contributed by atoms with Crippen LogP contribution in [0, 0.1) is 6.92 Å². The Morgan fingerprint density at radius 1 is 1.35 bits per heavy atom.